The number of aromatic hydroxyl groups is 1. The summed E-state index contributed by atoms with van der Waals surface area (Å²) in [5.74, 6) is 0.902. The molecule has 0 aliphatic heterocycles. The van der Waals surface area contributed by atoms with Crippen LogP contribution in [0.15, 0.2) is 24.3 Å². The molecule has 0 spiro atoms. The molecule has 0 heterocycles. The van der Waals surface area contributed by atoms with E-state index in [0.717, 1.165) is 25.7 Å². The summed E-state index contributed by atoms with van der Waals surface area (Å²) in [5.41, 5.74) is 1.80. The summed E-state index contributed by atoms with van der Waals surface area (Å²) >= 11 is 0. The summed E-state index contributed by atoms with van der Waals surface area (Å²) in [7, 11) is 0. The van der Waals surface area contributed by atoms with Gasteiger partial charge in [-0.2, -0.15) is 0 Å². The molecule has 0 amide bonds. The minimum atomic E-state index is -0.122. The largest absolute Gasteiger partial charge is 0.508 e. The molecule has 1 aromatic carbocycles. The standard InChI is InChI=1S/C19H28O2/c1-3-4-5-6-7-17(21)19-12-18(13-19,14(19)2)15-8-10-16(20)11-9-15/h8-11,14,17,20-21H,3-7,12-13H2,1-2H3/t14-,17+,18?,19?/m1/s1. The summed E-state index contributed by atoms with van der Waals surface area (Å²) in [5, 5.41) is 20.0. The molecular formula is C19H28O2. The van der Waals surface area contributed by atoms with E-state index in [1.54, 1.807) is 12.1 Å². The minimum Gasteiger partial charge on any atom is -0.508 e. The summed E-state index contributed by atoms with van der Waals surface area (Å²) in [6.07, 6.45) is 8.05. The van der Waals surface area contributed by atoms with Crippen molar-refractivity contribution in [2.45, 2.75) is 70.3 Å². The van der Waals surface area contributed by atoms with E-state index in [0.29, 0.717) is 11.7 Å². The summed E-state index contributed by atoms with van der Waals surface area (Å²) in [6.45, 7) is 4.52. The molecule has 3 saturated carbocycles. The molecule has 3 aliphatic rings. The molecule has 0 unspecified atom stereocenters. The van der Waals surface area contributed by atoms with Crippen LogP contribution in [0, 0.1) is 11.3 Å². The molecule has 3 aliphatic carbocycles. The van der Waals surface area contributed by atoms with E-state index in [9.17, 15) is 10.2 Å². The topological polar surface area (TPSA) is 40.5 Å². The zero-order valence-corrected chi connectivity index (χ0v) is 13.3. The maximum atomic E-state index is 10.6. The second-order valence-electron chi connectivity index (χ2n) is 7.38. The van der Waals surface area contributed by atoms with Crippen molar-refractivity contribution in [1.29, 1.82) is 0 Å². The Bertz CT molecular complexity index is 485. The lowest BCUT2D eigenvalue weighted by molar-refractivity contribution is -0.265. The predicted molar refractivity (Wildman–Crippen MR) is 85.4 cm³/mol. The van der Waals surface area contributed by atoms with Crippen LogP contribution >= 0.6 is 0 Å². The maximum absolute atomic E-state index is 10.6. The highest BCUT2D eigenvalue weighted by Gasteiger charge is 2.75. The van der Waals surface area contributed by atoms with Gasteiger partial charge >= 0.3 is 0 Å². The Hall–Kier alpha value is -1.02. The van der Waals surface area contributed by atoms with E-state index in [4.69, 9.17) is 0 Å². The SMILES string of the molecule is CCCCCC[C@H](O)C12CC(c3ccc(O)cc3)(C1)[C@H]2C. The van der Waals surface area contributed by atoms with Crippen LogP contribution in [0.1, 0.15) is 64.4 Å². The van der Waals surface area contributed by atoms with E-state index >= 15 is 0 Å². The Kier molecular flexibility index (Phi) is 3.77. The van der Waals surface area contributed by atoms with E-state index in [2.05, 4.69) is 26.0 Å². The van der Waals surface area contributed by atoms with Crippen LogP contribution < -0.4 is 0 Å². The van der Waals surface area contributed by atoms with Gasteiger partial charge < -0.3 is 10.2 Å². The molecule has 116 valence electrons. The molecule has 2 bridgehead atoms. The normalized spacial score (nSPS) is 34.9. The summed E-state index contributed by atoms with van der Waals surface area (Å²) in [4.78, 5) is 0. The van der Waals surface area contributed by atoms with Crippen molar-refractivity contribution in [3.8, 4) is 5.75 Å². The first-order valence-corrected chi connectivity index (χ1v) is 8.53. The van der Waals surface area contributed by atoms with Crippen LogP contribution in [-0.4, -0.2) is 16.3 Å². The van der Waals surface area contributed by atoms with Crippen LogP contribution in [0.2, 0.25) is 0 Å². The van der Waals surface area contributed by atoms with Crippen LogP contribution in [0.4, 0.5) is 0 Å². The molecule has 0 aromatic heterocycles. The van der Waals surface area contributed by atoms with E-state index in [1.807, 2.05) is 0 Å². The van der Waals surface area contributed by atoms with Gasteiger partial charge in [0, 0.05) is 5.41 Å². The van der Waals surface area contributed by atoms with Gasteiger partial charge in [0.2, 0.25) is 0 Å². The van der Waals surface area contributed by atoms with Crippen molar-refractivity contribution in [3.63, 3.8) is 0 Å². The lowest BCUT2D eigenvalue weighted by atomic mass is 9.26. The Morgan fingerprint density at radius 2 is 1.81 bits per heavy atom. The Morgan fingerprint density at radius 3 is 2.38 bits per heavy atom. The van der Waals surface area contributed by atoms with Crippen LogP contribution in [0.5, 0.6) is 5.75 Å². The van der Waals surface area contributed by atoms with E-state index < -0.39 is 0 Å². The average molecular weight is 288 g/mol. The molecule has 2 heteroatoms. The van der Waals surface area contributed by atoms with Gasteiger partial charge in [-0.05, 0) is 48.3 Å². The van der Waals surface area contributed by atoms with Gasteiger partial charge in [0.1, 0.15) is 5.75 Å². The molecular weight excluding hydrogens is 260 g/mol. The van der Waals surface area contributed by atoms with Crippen molar-refractivity contribution in [1.82, 2.24) is 0 Å². The average Bonchev–Trinajstić information content (AvgIpc) is 2.44. The third-order valence-electron chi connectivity index (χ3n) is 6.42. The minimum absolute atomic E-state index is 0.122. The van der Waals surface area contributed by atoms with Gasteiger partial charge in [-0.1, -0.05) is 51.7 Å². The third kappa shape index (κ3) is 2.11. The number of hydrogen-bond acceptors (Lipinski definition) is 2. The Balaban J connectivity index is 1.59. The lowest BCUT2D eigenvalue weighted by Gasteiger charge is -2.78. The second kappa shape index (κ2) is 5.31. The molecule has 2 N–H and O–H groups in total. The molecule has 3 fully saturated rings. The number of unbranched alkanes of at least 4 members (excludes halogenated alkanes) is 3. The smallest absolute Gasteiger partial charge is 0.115 e. The molecule has 2 atom stereocenters. The number of aliphatic hydroxyl groups is 1. The predicted octanol–water partition coefficient (Wildman–Crippen LogP) is 4.39. The second-order valence-corrected chi connectivity index (χ2v) is 7.38. The van der Waals surface area contributed by atoms with Crippen LogP contribution in [0.25, 0.3) is 0 Å². The van der Waals surface area contributed by atoms with Crippen LogP contribution in [-0.2, 0) is 5.41 Å². The third-order valence-corrected chi connectivity index (χ3v) is 6.42. The zero-order chi connectivity index (χ0) is 15.1. The monoisotopic (exact) mass is 288 g/mol. The summed E-state index contributed by atoms with van der Waals surface area (Å²) in [6, 6.07) is 7.69. The van der Waals surface area contributed by atoms with Crippen LogP contribution in [0.3, 0.4) is 0 Å². The highest BCUT2D eigenvalue weighted by Crippen LogP contribution is 2.78. The first-order chi connectivity index (χ1) is 10.0. The molecule has 0 saturated heterocycles. The number of benzene rings is 1. The Morgan fingerprint density at radius 1 is 1.14 bits per heavy atom. The van der Waals surface area contributed by atoms with E-state index in [1.165, 1.54) is 24.8 Å². The molecule has 1 aromatic rings. The van der Waals surface area contributed by atoms with Crippen molar-refractivity contribution in [3.05, 3.63) is 29.8 Å². The van der Waals surface area contributed by atoms with E-state index in [-0.39, 0.29) is 16.9 Å². The fourth-order valence-corrected chi connectivity index (χ4v) is 4.85. The number of hydrogen-bond donors (Lipinski definition) is 2. The number of phenolic OH excluding ortho intramolecular Hbond substituents is 1. The van der Waals surface area contributed by atoms with Gasteiger partial charge in [-0.15, -0.1) is 0 Å². The summed E-state index contributed by atoms with van der Waals surface area (Å²) < 4.78 is 0. The Labute approximate surface area is 128 Å². The van der Waals surface area contributed by atoms with Gasteiger partial charge in [-0.25, -0.2) is 0 Å². The molecule has 21 heavy (non-hydrogen) atoms. The fourth-order valence-electron chi connectivity index (χ4n) is 4.85. The maximum Gasteiger partial charge on any atom is 0.115 e. The van der Waals surface area contributed by atoms with Crippen molar-refractivity contribution in [2.75, 3.05) is 0 Å². The van der Waals surface area contributed by atoms with Gasteiger partial charge in [0.05, 0.1) is 6.10 Å². The molecule has 0 radical (unpaired) electrons. The van der Waals surface area contributed by atoms with Gasteiger partial charge in [0.15, 0.2) is 0 Å². The van der Waals surface area contributed by atoms with Crippen molar-refractivity contribution < 1.29 is 10.2 Å². The van der Waals surface area contributed by atoms with Crippen molar-refractivity contribution in [2.24, 2.45) is 11.3 Å². The molecule has 4 rings (SSSR count). The number of phenols is 1. The van der Waals surface area contributed by atoms with Gasteiger partial charge in [-0.3, -0.25) is 0 Å². The highest BCUT2D eigenvalue weighted by molar-refractivity contribution is 5.43. The molecule has 2 nitrogen and oxygen atoms in total. The highest BCUT2D eigenvalue weighted by atomic mass is 16.3. The number of aliphatic hydroxyl groups excluding tert-OH is 1. The van der Waals surface area contributed by atoms with Gasteiger partial charge in [0.25, 0.3) is 0 Å². The lowest BCUT2D eigenvalue weighted by Crippen LogP contribution is -2.75. The zero-order valence-electron chi connectivity index (χ0n) is 13.3. The van der Waals surface area contributed by atoms with Crippen molar-refractivity contribution >= 4 is 0 Å². The fraction of sp³-hybridized carbons (Fsp3) is 0.684. The quantitative estimate of drug-likeness (QED) is 0.730. The first kappa shape index (κ1) is 14.9. The first-order valence-electron chi connectivity index (χ1n) is 8.53. The number of rotatable bonds is 7.